The minimum Gasteiger partial charge on any atom is -0.447 e. The number of nitrogens with one attached hydrogen (secondary N) is 1. The number of aromatic nitrogens is 2. The molecule has 1 saturated heterocycles. The molecule has 0 bridgehead atoms. The monoisotopic (exact) mass is 340 g/mol. The van der Waals surface area contributed by atoms with Crippen LogP contribution in [0.25, 0.3) is 0 Å². The van der Waals surface area contributed by atoms with E-state index in [1.807, 2.05) is 27.7 Å². The van der Waals surface area contributed by atoms with Crippen LogP contribution in [-0.2, 0) is 11.2 Å². The van der Waals surface area contributed by atoms with Gasteiger partial charge >= 0.3 is 6.09 Å². The van der Waals surface area contributed by atoms with Crippen molar-refractivity contribution in [1.82, 2.24) is 14.9 Å². The molecule has 2 rings (SSSR count). The topological polar surface area (TPSA) is 67.4 Å². The fraction of sp³-hybridized carbons (Fsp3) is 0.688. The van der Waals surface area contributed by atoms with Crippen molar-refractivity contribution in [2.24, 2.45) is 0 Å². The molecule has 0 saturated carbocycles. The molecule has 0 aliphatic carbocycles. The molecule has 0 unspecified atom stereocenters. The van der Waals surface area contributed by atoms with Gasteiger partial charge in [-0.15, -0.1) is 0 Å². The van der Waals surface area contributed by atoms with Crippen LogP contribution in [0.4, 0.5) is 10.6 Å². The molecule has 1 amide bonds. The molecule has 0 radical (unpaired) electrons. The Kier molecular flexibility index (Phi) is 6.04. The van der Waals surface area contributed by atoms with E-state index < -0.39 is 0 Å². The lowest BCUT2D eigenvalue weighted by Crippen LogP contribution is -2.43. The predicted octanol–water partition coefficient (Wildman–Crippen LogP) is 3.42. The number of anilines is 1. The second kappa shape index (κ2) is 7.81. The van der Waals surface area contributed by atoms with Crippen LogP contribution in [0.5, 0.6) is 0 Å². The Balaban J connectivity index is 1.96. The minimum atomic E-state index is -0.228. The van der Waals surface area contributed by atoms with Crippen LogP contribution in [0.15, 0.2) is 0 Å². The number of aryl methyl sites for hydroxylation is 1. The summed E-state index contributed by atoms with van der Waals surface area (Å²) < 4.78 is 5.24. The molecule has 128 valence electrons. The SMILES string of the molecule is CCc1c(Cl)nc(C)nc1NC1CCN(C(=O)OC(C)C)CC1. The Morgan fingerprint density at radius 2 is 2.04 bits per heavy atom. The zero-order valence-corrected chi connectivity index (χ0v) is 15.0. The molecule has 23 heavy (non-hydrogen) atoms. The van der Waals surface area contributed by atoms with Crippen molar-refractivity contribution in [2.75, 3.05) is 18.4 Å². The average molecular weight is 341 g/mol. The van der Waals surface area contributed by atoms with Crippen molar-refractivity contribution in [3.8, 4) is 0 Å². The highest BCUT2D eigenvalue weighted by atomic mass is 35.5. The summed E-state index contributed by atoms with van der Waals surface area (Å²) in [6.07, 6.45) is 2.18. The van der Waals surface area contributed by atoms with Gasteiger partial charge in [0.2, 0.25) is 0 Å². The van der Waals surface area contributed by atoms with Gasteiger partial charge in [0, 0.05) is 24.7 Å². The van der Waals surface area contributed by atoms with Gasteiger partial charge in [-0.25, -0.2) is 14.8 Å². The molecular weight excluding hydrogens is 316 g/mol. The maximum Gasteiger partial charge on any atom is 0.410 e. The number of carbonyl (C=O) groups is 1. The average Bonchev–Trinajstić information content (AvgIpc) is 2.47. The number of rotatable bonds is 4. The zero-order valence-electron chi connectivity index (χ0n) is 14.2. The second-order valence-electron chi connectivity index (χ2n) is 6.08. The van der Waals surface area contributed by atoms with E-state index in [-0.39, 0.29) is 18.2 Å². The van der Waals surface area contributed by atoms with E-state index in [4.69, 9.17) is 16.3 Å². The molecule has 1 aromatic heterocycles. The van der Waals surface area contributed by atoms with Crippen molar-refractivity contribution in [2.45, 2.75) is 59.1 Å². The molecule has 1 N–H and O–H groups in total. The summed E-state index contributed by atoms with van der Waals surface area (Å²) in [7, 11) is 0. The zero-order chi connectivity index (χ0) is 17.0. The highest BCUT2D eigenvalue weighted by Gasteiger charge is 2.25. The third-order valence-corrected chi connectivity index (χ3v) is 4.17. The summed E-state index contributed by atoms with van der Waals surface area (Å²) in [6, 6.07) is 0.272. The number of halogens is 1. The van der Waals surface area contributed by atoms with Crippen LogP contribution in [0.2, 0.25) is 5.15 Å². The van der Waals surface area contributed by atoms with Gasteiger partial charge in [-0.2, -0.15) is 0 Å². The molecule has 0 aromatic carbocycles. The molecule has 1 aliphatic heterocycles. The summed E-state index contributed by atoms with van der Waals surface area (Å²) in [5, 5.41) is 3.98. The highest BCUT2D eigenvalue weighted by Crippen LogP contribution is 2.24. The lowest BCUT2D eigenvalue weighted by molar-refractivity contribution is 0.0701. The Labute approximate surface area is 142 Å². The number of hydrogen-bond acceptors (Lipinski definition) is 5. The van der Waals surface area contributed by atoms with Gasteiger partial charge in [0.15, 0.2) is 0 Å². The molecule has 1 aromatic rings. The van der Waals surface area contributed by atoms with E-state index in [1.165, 1.54) is 0 Å². The van der Waals surface area contributed by atoms with Gasteiger partial charge in [-0.3, -0.25) is 0 Å². The van der Waals surface area contributed by atoms with Crippen LogP contribution in [-0.4, -0.2) is 46.2 Å². The summed E-state index contributed by atoms with van der Waals surface area (Å²) in [5.74, 6) is 1.47. The first-order chi connectivity index (χ1) is 10.9. The molecular formula is C16H25ClN4O2. The maximum atomic E-state index is 11.9. The van der Waals surface area contributed by atoms with E-state index in [0.29, 0.717) is 24.1 Å². The highest BCUT2D eigenvalue weighted by molar-refractivity contribution is 6.30. The molecule has 6 nitrogen and oxygen atoms in total. The first-order valence-electron chi connectivity index (χ1n) is 8.15. The summed E-state index contributed by atoms with van der Waals surface area (Å²) >= 11 is 6.21. The van der Waals surface area contributed by atoms with E-state index in [0.717, 1.165) is 30.6 Å². The molecule has 0 spiro atoms. The standard InChI is InChI=1S/C16H25ClN4O2/c1-5-13-14(17)18-11(4)19-15(13)20-12-6-8-21(9-7-12)16(22)23-10(2)3/h10,12H,5-9H2,1-4H3,(H,18,19,20). The molecule has 1 aliphatic rings. The number of amides is 1. The van der Waals surface area contributed by atoms with Gasteiger partial charge in [0.05, 0.1) is 6.10 Å². The summed E-state index contributed by atoms with van der Waals surface area (Å²) in [6.45, 7) is 8.96. The van der Waals surface area contributed by atoms with Crippen LogP contribution in [0.3, 0.4) is 0 Å². The van der Waals surface area contributed by atoms with Crippen molar-refractivity contribution in [3.63, 3.8) is 0 Å². The number of likely N-dealkylation sites (tertiary alicyclic amines) is 1. The largest absolute Gasteiger partial charge is 0.447 e. The van der Waals surface area contributed by atoms with Crippen LogP contribution >= 0.6 is 11.6 Å². The second-order valence-corrected chi connectivity index (χ2v) is 6.44. The van der Waals surface area contributed by atoms with Crippen LogP contribution in [0.1, 0.15) is 45.0 Å². The molecule has 7 heteroatoms. The van der Waals surface area contributed by atoms with E-state index in [2.05, 4.69) is 15.3 Å². The number of piperidine rings is 1. The van der Waals surface area contributed by atoms with E-state index >= 15 is 0 Å². The van der Waals surface area contributed by atoms with Crippen LogP contribution in [0, 0.1) is 6.92 Å². The fourth-order valence-electron chi connectivity index (χ4n) is 2.67. The molecule has 1 fully saturated rings. The summed E-state index contributed by atoms with van der Waals surface area (Å²) in [5.41, 5.74) is 0.943. The molecule has 2 heterocycles. The van der Waals surface area contributed by atoms with Gasteiger partial charge in [0.1, 0.15) is 16.8 Å². The van der Waals surface area contributed by atoms with Gasteiger partial charge in [-0.05, 0) is 40.0 Å². The number of nitrogens with zero attached hydrogens (tertiary/aromatic N) is 3. The van der Waals surface area contributed by atoms with Crippen molar-refractivity contribution in [1.29, 1.82) is 0 Å². The molecule has 0 atom stereocenters. The van der Waals surface area contributed by atoms with E-state index in [1.54, 1.807) is 4.90 Å². The van der Waals surface area contributed by atoms with E-state index in [9.17, 15) is 4.79 Å². The predicted molar refractivity (Wildman–Crippen MR) is 91.0 cm³/mol. The fourth-order valence-corrected chi connectivity index (χ4v) is 3.02. The van der Waals surface area contributed by atoms with Gasteiger partial charge < -0.3 is 15.0 Å². The normalized spacial score (nSPS) is 15.8. The first-order valence-corrected chi connectivity index (χ1v) is 8.53. The Bertz CT molecular complexity index is 557. The van der Waals surface area contributed by atoms with Crippen LogP contribution < -0.4 is 5.32 Å². The number of carbonyl (C=O) groups excluding carboxylic acids is 1. The number of ether oxygens (including phenoxy) is 1. The quantitative estimate of drug-likeness (QED) is 0.850. The lowest BCUT2D eigenvalue weighted by Gasteiger charge is -2.32. The Morgan fingerprint density at radius 3 is 2.61 bits per heavy atom. The summed E-state index contributed by atoms with van der Waals surface area (Å²) in [4.78, 5) is 22.4. The van der Waals surface area contributed by atoms with Crippen molar-refractivity contribution in [3.05, 3.63) is 16.5 Å². The van der Waals surface area contributed by atoms with Gasteiger partial charge in [0.25, 0.3) is 0 Å². The van der Waals surface area contributed by atoms with Crippen molar-refractivity contribution < 1.29 is 9.53 Å². The lowest BCUT2D eigenvalue weighted by atomic mass is 10.0. The minimum absolute atomic E-state index is 0.0865. The Morgan fingerprint density at radius 1 is 1.39 bits per heavy atom. The first kappa shape index (κ1) is 17.8. The maximum absolute atomic E-state index is 11.9. The Hall–Kier alpha value is -1.56. The van der Waals surface area contributed by atoms with Crippen molar-refractivity contribution >= 4 is 23.5 Å². The smallest absolute Gasteiger partial charge is 0.410 e. The number of hydrogen-bond donors (Lipinski definition) is 1. The third-order valence-electron chi connectivity index (χ3n) is 3.85. The van der Waals surface area contributed by atoms with Gasteiger partial charge in [-0.1, -0.05) is 18.5 Å². The third kappa shape index (κ3) is 4.70.